The van der Waals surface area contributed by atoms with Crippen LogP contribution < -0.4 is 16.2 Å². The normalized spacial score (nSPS) is 29.0. The fourth-order valence-electron chi connectivity index (χ4n) is 7.80. The molecule has 0 radical (unpaired) electrons. The van der Waals surface area contributed by atoms with Crippen molar-refractivity contribution in [2.45, 2.75) is 74.5 Å². The van der Waals surface area contributed by atoms with Crippen LogP contribution in [0.4, 0.5) is 0 Å². The number of aromatic hydroxyl groups is 1. The topological polar surface area (TPSA) is 178 Å². The number of aliphatic hydroxyl groups excluding tert-OH is 1. The molecule has 6 aliphatic rings. The van der Waals surface area contributed by atoms with Crippen molar-refractivity contribution in [1.29, 1.82) is 0 Å². The van der Waals surface area contributed by atoms with Crippen LogP contribution in [0.15, 0.2) is 89.4 Å². The molecule has 1 aliphatic carbocycles. The Balaban J connectivity index is 1.55. The van der Waals surface area contributed by atoms with Crippen molar-refractivity contribution in [3.63, 3.8) is 0 Å². The van der Waals surface area contributed by atoms with Crippen LogP contribution in [0.2, 0.25) is 0 Å². The fourth-order valence-corrected chi connectivity index (χ4v) is 8.92. The molecule has 0 spiro atoms. The van der Waals surface area contributed by atoms with E-state index in [4.69, 9.17) is 20.9 Å². The van der Waals surface area contributed by atoms with Crippen molar-refractivity contribution in [3.8, 4) is 11.5 Å². The number of ether oxygens (including phenoxy) is 2. The maximum atomic E-state index is 13.5. The van der Waals surface area contributed by atoms with E-state index in [0.717, 1.165) is 27.8 Å². The van der Waals surface area contributed by atoms with Crippen LogP contribution in [-0.2, 0) is 14.9 Å². The summed E-state index contributed by atoms with van der Waals surface area (Å²) in [6, 6.07) is 22.1. The third-order valence-corrected chi connectivity index (χ3v) is 11.3. The molecule has 8 atom stereocenters. The number of hydrogen-bond donors (Lipinski definition) is 5. The van der Waals surface area contributed by atoms with Gasteiger partial charge in [0.25, 0.3) is 10.1 Å². The van der Waals surface area contributed by atoms with Gasteiger partial charge in [0.05, 0.1) is 11.4 Å². The van der Waals surface area contributed by atoms with Crippen molar-refractivity contribution in [2.24, 2.45) is 28.3 Å². The van der Waals surface area contributed by atoms with Crippen molar-refractivity contribution in [2.75, 3.05) is 6.61 Å². The highest BCUT2D eigenvalue weighted by atomic mass is 32.2. The van der Waals surface area contributed by atoms with Gasteiger partial charge in [-0.1, -0.05) is 61.5 Å². The van der Waals surface area contributed by atoms with Gasteiger partial charge in [0.2, 0.25) is 6.23 Å². The summed E-state index contributed by atoms with van der Waals surface area (Å²) < 4.78 is 50.9. The number of hydrogen-bond acceptors (Lipinski definition) is 7. The number of phenols is 1. The Hall–Kier alpha value is -3.90. The zero-order chi connectivity index (χ0) is 33.3. The number of fused-ring (bicyclic) bond motifs is 2. The molecule has 0 saturated carbocycles. The number of nitrogens with zero attached hydrogens (tertiary/aromatic N) is 1. The number of benzene rings is 3. The summed E-state index contributed by atoms with van der Waals surface area (Å²) in [5.41, 5.74) is 15.9. The van der Waals surface area contributed by atoms with Crippen molar-refractivity contribution < 1.29 is 32.7 Å². The van der Waals surface area contributed by atoms with Gasteiger partial charge in [-0.2, -0.15) is 8.42 Å². The molecule has 9 rings (SSSR count). The number of aliphatic hydroxyl groups is 1. The smallest absolute Gasteiger partial charge is 0.268 e. The quantitative estimate of drug-likeness (QED) is 0.0994. The second-order valence-corrected chi connectivity index (χ2v) is 14.6. The van der Waals surface area contributed by atoms with Crippen molar-refractivity contribution in [3.05, 3.63) is 107 Å². The molecule has 47 heavy (non-hydrogen) atoms. The summed E-state index contributed by atoms with van der Waals surface area (Å²) in [5, 5.41) is 18.9. The molecule has 0 amide bonds. The molecular formula is C36H43N3O7S. The van der Waals surface area contributed by atoms with Gasteiger partial charge < -0.3 is 31.2 Å². The lowest BCUT2D eigenvalue weighted by Crippen LogP contribution is -2.39. The number of nitrogens with two attached hydrogens (primary N) is 2. The van der Waals surface area contributed by atoms with Gasteiger partial charge in [0, 0.05) is 18.1 Å². The molecular weight excluding hydrogens is 618 g/mol. The summed E-state index contributed by atoms with van der Waals surface area (Å²) in [6.07, 6.45) is 2.96. The van der Waals surface area contributed by atoms with Gasteiger partial charge >= 0.3 is 0 Å². The van der Waals surface area contributed by atoms with Gasteiger partial charge in [-0.3, -0.25) is 4.55 Å². The molecule has 3 aromatic carbocycles. The highest BCUT2D eigenvalue weighted by Crippen LogP contribution is 2.53. The van der Waals surface area contributed by atoms with Crippen LogP contribution >= 0.6 is 0 Å². The second kappa shape index (κ2) is 13.7. The van der Waals surface area contributed by atoms with Crippen LogP contribution in [-0.4, -0.2) is 47.1 Å². The molecule has 6 bridgehead atoms. The molecule has 11 heteroatoms. The Bertz CT molecular complexity index is 1700. The largest absolute Gasteiger partial charge is 0.508 e. The van der Waals surface area contributed by atoms with Crippen molar-refractivity contribution >= 4 is 16.1 Å². The van der Waals surface area contributed by atoms with E-state index in [1.807, 2.05) is 73.7 Å². The number of phenolic OH excluding ortho intramolecular Hbond substituents is 1. The predicted octanol–water partition coefficient (Wildman–Crippen LogP) is 5.46. The Morgan fingerprint density at radius 3 is 2.17 bits per heavy atom. The molecule has 5 heterocycles. The average Bonchev–Trinajstić information content (AvgIpc) is 3.17. The minimum Gasteiger partial charge on any atom is -0.508 e. The maximum absolute atomic E-state index is 13.5. The first-order valence-corrected chi connectivity index (χ1v) is 17.7. The summed E-state index contributed by atoms with van der Waals surface area (Å²) in [6.45, 7) is 1.96. The Morgan fingerprint density at radius 1 is 0.915 bits per heavy atom. The van der Waals surface area contributed by atoms with E-state index >= 15 is 0 Å². The predicted molar refractivity (Wildman–Crippen MR) is 180 cm³/mol. The summed E-state index contributed by atoms with van der Waals surface area (Å²) in [4.78, 5) is 4.34. The molecule has 5 aliphatic heterocycles. The first-order valence-electron chi connectivity index (χ1n) is 16.2. The second-order valence-electron chi connectivity index (χ2n) is 12.9. The van der Waals surface area contributed by atoms with E-state index in [2.05, 4.69) is 4.99 Å². The lowest BCUT2D eigenvalue weighted by atomic mass is 9.65. The first kappa shape index (κ1) is 33.0. The van der Waals surface area contributed by atoms with Crippen LogP contribution in [0.25, 0.3) is 0 Å². The van der Waals surface area contributed by atoms with Gasteiger partial charge in [-0.05, 0) is 96.4 Å². The first-order chi connectivity index (χ1) is 22.5. The Kier molecular flexibility index (Phi) is 9.61. The van der Waals surface area contributed by atoms with Crippen LogP contribution in [0.5, 0.6) is 11.5 Å². The maximum Gasteiger partial charge on any atom is 0.268 e. The molecule has 1 saturated heterocycles. The third kappa shape index (κ3) is 7.18. The van der Waals surface area contributed by atoms with E-state index in [1.165, 1.54) is 0 Å². The Morgan fingerprint density at radius 2 is 1.55 bits per heavy atom. The highest BCUT2D eigenvalue weighted by molar-refractivity contribution is 7.86. The van der Waals surface area contributed by atoms with Gasteiger partial charge in [-0.15, -0.1) is 0 Å². The summed E-state index contributed by atoms with van der Waals surface area (Å²) in [5.74, 6) is -0.495. The molecule has 0 aromatic heterocycles. The van der Waals surface area contributed by atoms with E-state index < -0.39 is 33.6 Å². The fraction of sp³-hybridized carbons (Fsp3) is 0.417. The minimum atomic E-state index is -4.53. The van der Waals surface area contributed by atoms with Gasteiger partial charge in [0.15, 0.2) is 5.96 Å². The molecule has 10 nitrogen and oxygen atoms in total. The van der Waals surface area contributed by atoms with Crippen molar-refractivity contribution in [1.82, 2.24) is 0 Å². The Labute approximate surface area is 275 Å². The molecule has 250 valence electrons. The number of rotatable bonds is 6. The summed E-state index contributed by atoms with van der Waals surface area (Å²) >= 11 is 0. The van der Waals surface area contributed by atoms with E-state index in [9.17, 15) is 23.2 Å². The number of aliphatic imine (C=N–C) groups is 1. The lowest BCUT2D eigenvalue weighted by Gasteiger charge is -2.41. The van der Waals surface area contributed by atoms with Gasteiger partial charge in [0.1, 0.15) is 17.6 Å². The summed E-state index contributed by atoms with van der Waals surface area (Å²) in [7, 11) is -4.53. The third-order valence-electron chi connectivity index (χ3n) is 10.00. The average molecular weight is 662 g/mol. The number of allylic oxidation sites excluding steroid dienone is 1. The van der Waals surface area contributed by atoms with Gasteiger partial charge in [-0.25, -0.2) is 4.99 Å². The molecule has 7 N–H and O–H groups in total. The molecule has 1 fully saturated rings. The standard InChI is InChI=1S/C36H43N3O7S/c1-2-21-20-32(47(42,43)44)31-19-27-17-26(18-30(15-16-40)45-34(27)24-7-11-28(41)12-8-24)33(31)23-3-5-25(6-4-23)35(39-36(37)38)46-29-13-9-22(21)10-14-29/h3-14,19,21,26,30-35,40-41H,2,15-18,20H2,1H3,(H4,37,38,39)(H,42,43,44)/t21-,26-,30-,31+,32+,33-,34-,35-/m0/s1. The van der Waals surface area contributed by atoms with E-state index in [0.29, 0.717) is 31.4 Å². The zero-order valence-corrected chi connectivity index (χ0v) is 27.2. The van der Waals surface area contributed by atoms with E-state index in [-0.39, 0.29) is 48.6 Å². The monoisotopic (exact) mass is 661 g/mol. The molecule has 3 aromatic rings. The molecule has 0 unspecified atom stereocenters. The van der Waals surface area contributed by atoms with Crippen LogP contribution in [0, 0.1) is 11.8 Å². The minimum absolute atomic E-state index is 0.0480. The van der Waals surface area contributed by atoms with Crippen LogP contribution in [0.1, 0.15) is 85.4 Å². The lowest BCUT2D eigenvalue weighted by molar-refractivity contribution is -0.00769. The zero-order valence-electron chi connectivity index (χ0n) is 26.4. The number of guanidine groups is 1. The van der Waals surface area contributed by atoms with E-state index in [1.54, 1.807) is 12.1 Å². The SMILES string of the molecule is CC[C@H]1C[C@@H](S(=O)(=O)O)[C@H]2C=C3C[C@@H](C[C@H](CCO)O[C@H]3c3ccc(O)cc3)[C@@H]2c2ccc(cc2)[C@@H](N=C(N)N)Oc2ccc1cc2. The highest BCUT2D eigenvalue weighted by Gasteiger charge is 2.47. The van der Waals surface area contributed by atoms with Crippen LogP contribution in [0.3, 0.4) is 0 Å².